The molecule has 2 aromatic rings. The van der Waals surface area contributed by atoms with Gasteiger partial charge in [0.05, 0.1) is 22.2 Å². The molecule has 0 aliphatic heterocycles. The number of carbonyl (C=O) groups is 1. The van der Waals surface area contributed by atoms with Gasteiger partial charge in [0.25, 0.3) is 0 Å². The van der Waals surface area contributed by atoms with E-state index in [1.54, 1.807) is 55.5 Å². The summed E-state index contributed by atoms with van der Waals surface area (Å²) in [4.78, 5) is 12.8. The first-order chi connectivity index (χ1) is 9.59. The van der Waals surface area contributed by atoms with Crippen molar-refractivity contribution in [2.24, 2.45) is 0 Å². The largest absolute Gasteiger partial charge is 0.397 e. The molecule has 2 aromatic carbocycles. The van der Waals surface area contributed by atoms with E-state index < -0.39 is 16.0 Å². The van der Waals surface area contributed by atoms with Crippen molar-refractivity contribution in [1.29, 1.82) is 0 Å². The van der Waals surface area contributed by atoms with Crippen LogP contribution in [0.2, 0.25) is 0 Å². The Balaban J connectivity index is 2.10. The second-order valence-corrected chi connectivity index (χ2v) is 6.10. The van der Waals surface area contributed by atoms with Crippen molar-refractivity contribution in [3.63, 3.8) is 0 Å². The van der Waals surface area contributed by atoms with Gasteiger partial charge >= 0.3 is 0 Å². The lowest BCUT2D eigenvalue weighted by molar-refractivity contribution is -0.115. The van der Waals surface area contributed by atoms with Gasteiger partial charge in [-0.05, 0) is 31.2 Å². The van der Waals surface area contributed by atoms with Crippen LogP contribution in [0.1, 0.15) is 6.92 Å². The minimum Gasteiger partial charge on any atom is -0.397 e. The van der Waals surface area contributed by atoms with Gasteiger partial charge in [0.1, 0.15) is 5.25 Å². The number of nitrogens with one attached hydrogen (secondary N) is 1. The normalized spacial score (nSPS) is 13.4. The highest BCUT2D eigenvalue weighted by Crippen LogP contribution is 2.18. The predicted octanol–water partition coefficient (Wildman–Crippen LogP) is 2.40. The topological polar surface area (TPSA) is 72.2 Å². The minimum absolute atomic E-state index is 0.315. The number of anilines is 2. The lowest BCUT2D eigenvalue weighted by Gasteiger charge is -2.13. The summed E-state index contributed by atoms with van der Waals surface area (Å²) >= 11 is 0. The molecule has 1 amide bonds. The summed E-state index contributed by atoms with van der Waals surface area (Å²) in [7, 11) is -1.39. The number of carbonyl (C=O) groups excluding carboxylic acids is 1. The summed E-state index contributed by atoms with van der Waals surface area (Å²) in [5.41, 5.74) is 6.79. The molecular formula is C15H16N2O2S. The van der Waals surface area contributed by atoms with Crippen molar-refractivity contribution in [3.05, 3.63) is 54.6 Å². The Bertz CT molecular complexity index is 629. The predicted molar refractivity (Wildman–Crippen MR) is 81.8 cm³/mol. The first-order valence-electron chi connectivity index (χ1n) is 6.20. The number of nitrogens with two attached hydrogens (primary N) is 1. The summed E-state index contributed by atoms with van der Waals surface area (Å²) in [6, 6.07) is 15.9. The molecule has 0 spiro atoms. The number of para-hydroxylation sites is 2. The summed E-state index contributed by atoms with van der Waals surface area (Å²) in [5.74, 6) is -0.315. The number of hydrogen-bond acceptors (Lipinski definition) is 3. The molecule has 0 aliphatic carbocycles. The number of amides is 1. The summed E-state index contributed by atoms with van der Waals surface area (Å²) in [6.45, 7) is 1.64. The zero-order valence-electron chi connectivity index (χ0n) is 11.1. The summed E-state index contributed by atoms with van der Waals surface area (Å²) in [6.07, 6.45) is 0. The van der Waals surface area contributed by atoms with Crippen molar-refractivity contribution in [1.82, 2.24) is 0 Å². The van der Waals surface area contributed by atoms with Crippen LogP contribution in [-0.4, -0.2) is 15.4 Å². The molecule has 2 unspecified atom stereocenters. The van der Waals surface area contributed by atoms with E-state index >= 15 is 0 Å². The van der Waals surface area contributed by atoms with Crippen molar-refractivity contribution < 1.29 is 9.00 Å². The van der Waals surface area contributed by atoms with Crippen LogP contribution in [0.5, 0.6) is 0 Å². The van der Waals surface area contributed by atoms with Crippen LogP contribution < -0.4 is 11.1 Å². The van der Waals surface area contributed by atoms with E-state index in [9.17, 15) is 9.00 Å². The minimum atomic E-state index is -1.39. The molecule has 0 saturated heterocycles. The Kier molecular flexibility index (Phi) is 4.53. The van der Waals surface area contributed by atoms with Crippen LogP contribution in [0.4, 0.5) is 11.4 Å². The van der Waals surface area contributed by atoms with Crippen molar-refractivity contribution in [2.75, 3.05) is 11.1 Å². The Morgan fingerprint density at radius 3 is 2.35 bits per heavy atom. The van der Waals surface area contributed by atoms with Crippen molar-refractivity contribution in [3.8, 4) is 0 Å². The van der Waals surface area contributed by atoms with Gasteiger partial charge in [-0.3, -0.25) is 9.00 Å². The standard InChI is InChI=1S/C15H16N2O2S/c1-11(20(19)12-7-3-2-4-8-12)15(18)17-14-10-6-5-9-13(14)16/h2-11H,16H2,1H3,(H,17,18). The monoisotopic (exact) mass is 288 g/mol. The molecule has 0 radical (unpaired) electrons. The fourth-order valence-electron chi connectivity index (χ4n) is 1.70. The number of benzene rings is 2. The van der Waals surface area contributed by atoms with Crippen molar-refractivity contribution in [2.45, 2.75) is 17.1 Å². The zero-order chi connectivity index (χ0) is 14.5. The zero-order valence-corrected chi connectivity index (χ0v) is 11.9. The van der Waals surface area contributed by atoms with E-state index in [4.69, 9.17) is 5.73 Å². The van der Waals surface area contributed by atoms with E-state index in [-0.39, 0.29) is 5.91 Å². The maximum absolute atomic E-state index is 12.3. The Morgan fingerprint density at radius 2 is 1.70 bits per heavy atom. The maximum Gasteiger partial charge on any atom is 0.240 e. The van der Waals surface area contributed by atoms with Crippen LogP contribution in [0.25, 0.3) is 0 Å². The molecule has 0 aliphatic rings. The fourth-order valence-corrected chi connectivity index (χ4v) is 2.79. The highest BCUT2D eigenvalue weighted by Gasteiger charge is 2.21. The van der Waals surface area contributed by atoms with Gasteiger partial charge in [-0.15, -0.1) is 0 Å². The molecule has 2 rings (SSSR count). The Hall–Kier alpha value is -2.14. The molecule has 0 bridgehead atoms. The number of rotatable bonds is 4. The highest BCUT2D eigenvalue weighted by molar-refractivity contribution is 7.86. The van der Waals surface area contributed by atoms with Crippen LogP contribution in [0.3, 0.4) is 0 Å². The average molecular weight is 288 g/mol. The van der Waals surface area contributed by atoms with Crippen molar-refractivity contribution >= 4 is 28.1 Å². The van der Waals surface area contributed by atoms with E-state index in [1.165, 1.54) is 0 Å². The molecule has 0 saturated carbocycles. The Morgan fingerprint density at radius 1 is 1.10 bits per heavy atom. The quantitative estimate of drug-likeness (QED) is 0.849. The summed E-state index contributed by atoms with van der Waals surface area (Å²) in [5, 5.41) is 2.05. The molecule has 2 atom stereocenters. The molecule has 104 valence electrons. The van der Waals surface area contributed by atoms with Gasteiger partial charge in [0, 0.05) is 4.90 Å². The highest BCUT2D eigenvalue weighted by atomic mass is 32.2. The molecule has 3 N–H and O–H groups in total. The molecule has 4 nitrogen and oxygen atoms in total. The lowest BCUT2D eigenvalue weighted by atomic mass is 10.2. The third kappa shape index (κ3) is 3.24. The van der Waals surface area contributed by atoms with Gasteiger partial charge in [0.15, 0.2) is 0 Å². The van der Waals surface area contributed by atoms with Gasteiger partial charge in [-0.1, -0.05) is 30.3 Å². The molecule has 0 aromatic heterocycles. The van der Waals surface area contributed by atoms with Gasteiger partial charge in [-0.2, -0.15) is 0 Å². The van der Waals surface area contributed by atoms with Gasteiger partial charge in [-0.25, -0.2) is 0 Å². The molecule has 5 heteroatoms. The van der Waals surface area contributed by atoms with E-state index in [0.717, 1.165) is 0 Å². The van der Waals surface area contributed by atoms with Crippen LogP contribution >= 0.6 is 0 Å². The van der Waals surface area contributed by atoms with Crippen LogP contribution in [0, 0.1) is 0 Å². The third-order valence-electron chi connectivity index (χ3n) is 2.88. The second-order valence-electron chi connectivity index (χ2n) is 4.33. The number of hydrogen-bond donors (Lipinski definition) is 2. The summed E-state index contributed by atoms with van der Waals surface area (Å²) < 4.78 is 12.3. The molecule has 0 heterocycles. The van der Waals surface area contributed by atoms with Gasteiger partial charge in [0.2, 0.25) is 5.91 Å². The van der Waals surface area contributed by atoms with E-state index in [1.807, 2.05) is 6.07 Å². The molecule has 0 fully saturated rings. The number of nitrogen functional groups attached to an aromatic ring is 1. The maximum atomic E-state index is 12.3. The SMILES string of the molecule is CC(C(=O)Nc1ccccc1N)S(=O)c1ccccc1. The van der Waals surface area contributed by atoms with Crippen LogP contribution in [0.15, 0.2) is 59.5 Å². The smallest absolute Gasteiger partial charge is 0.240 e. The van der Waals surface area contributed by atoms with E-state index in [2.05, 4.69) is 5.32 Å². The average Bonchev–Trinajstić information content (AvgIpc) is 2.49. The molecular weight excluding hydrogens is 272 g/mol. The first-order valence-corrected chi connectivity index (χ1v) is 7.42. The molecule has 20 heavy (non-hydrogen) atoms. The second kappa shape index (κ2) is 6.34. The Labute approximate surface area is 120 Å². The lowest BCUT2D eigenvalue weighted by Crippen LogP contribution is -2.29. The third-order valence-corrected chi connectivity index (χ3v) is 4.48. The van der Waals surface area contributed by atoms with Crippen LogP contribution in [-0.2, 0) is 15.6 Å². The first kappa shape index (κ1) is 14.3. The van der Waals surface area contributed by atoms with Gasteiger partial charge < -0.3 is 11.1 Å². The fraction of sp³-hybridized carbons (Fsp3) is 0.133. The van der Waals surface area contributed by atoms with E-state index in [0.29, 0.717) is 16.3 Å².